The van der Waals surface area contributed by atoms with Crippen molar-refractivity contribution >= 4 is 11.8 Å². The normalized spacial score (nSPS) is 15.9. The molecule has 1 aromatic carbocycles. The summed E-state index contributed by atoms with van der Waals surface area (Å²) in [6.45, 7) is 5.00. The third-order valence-electron chi connectivity index (χ3n) is 4.10. The largest absolute Gasteiger partial charge is 0.416 e. The number of amides is 2. The summed E-state index contributed by atoms with van der Waals surface area (Å²) in [7, 11) is 0. The molecule has 0 atom stereocenters. The maximum atomic E-state index is 12.5. The van der Waals surface area contributed by atoms with Crippen LogP contribution in [0.5, 0.6) is 0 Å². The average Bonchev–Trinajstić information content (AvgIpc) is 2.55. The van der Waals surface area contributed by atoms with Crippen LogP contribution in [0.25, 0.3) is 0 Å². The van der Waals surface area contributed by atoms with Crippen molar-refractivity contribution in [2.45, 2.75) is 19.5 Å². The predicted molar refractivity (Wildman–Crippen MR) is 86.9 cm³/mol. The van der Waals surface area contributed by atoms with E-state index in [-0.39, 0.29) is 18.2 Å². The van der Waals surface area contributed by atoms with Gasteiger partial charge in [0.25, 0.3) is 0 Å². The van der Waals surface area contributed by atoms with Gasteiger partial charge >= 0.3 is 6.18 Å². The molecule has 0 saturated carbocycles. The minimum Gasteiger partial charge on any atom is -0.355 e. The number of hydrogen-bond donors (Lipinski definition) is 1. The number of benzene rings is 1. The van der Waals surface area contributed by atoms with Crippen LogP contribution < -0.4 is 5.32 Å². The zero-order valence-electron chi connectivity index (χ0n) is 14.1. The van der Waals surface area contributed by atoms with E-state index in [1.807, 2.05) is 11.8 Å². The van der Waals surface area contributed by atoms with Gasteiger partial charge in [-0.15, -0.1) is 0 Å². The van der Waals surface area contributed by atoms with Crippen LogP contribution in [0.4, 0.5) is 13.2 Å². The molecule has 1 N–H and O–H groups in total. The summed E-state index contributed by atoms with van der Waals surface area (Å²) < 4.78 is 37.6. The molecule has 0 unspecified atom stereocenters. The number of halogens is 3. The van der Waals surface area contributed by atoms with Crippen LogP contribution in [0.3, 0.4) is 0 Å². The molecule has 8 heteroatoms. The summed E-state index contributed by atoms with van der Waals surface area (Å²) in [5, 5.41) is 2.73. The Bertz CT molecular complexity index is 594. The summed E-state index contributed by atoms with van der Waals surface area (Å²) in [6.07, 6.45) is -4.29. The molecule has 2 amide bonds. The monoisotopic (exact) mass is 357 g/mol. The number of rotatable bonds is 5. The molecule has 138 valence electrons. The molecule has 0 spiro atoms. The Hall–Kier alpha value is -2.09. The van der Waals surface area contributed by atoms with Gasteiger partial charge in [-0.2, -0.15) is 13.2 Å². The number of carbonyl (C=O) groups excluding carboxylic acids is 2. The molecule has 1 saturated heterocycles. The number of nitrogens with one attached hydrogen (secondary N) is 1. The number of piperazine rings is 1. The van der Waals surface area contributed by atoms with Gasteiger partial charge in [-0.25, -0.2) is 0 Å². The highest BCUT2D eigenvalue weighted by atomic mass is 19.4. The van der Waals surface area contributed by atoms with E-state index in [9.17, 15) is 22.8 Å². The van der Waals surface area contributed by atoms with E-state index < -0.39 is 11.7 Å². The van der Waals surface area contributed by atoms with Gasteiger partial charge in [0.15, 0.2) is 0 Å². The Kier molecular flexibility index (Phi) is 6.41. The number of alkyl halides is 3. The van der Waals surface area contributed by atoms with Crippen molar-refractivity contribution in [3.8, 4) is 0 Å². The lowest BCUT2D eigenvalue weighted by atomic mass is 10.1. The number of hydrogen-bond acceptors (Lipinski definition) is 3. The molecule has 0 radical (unpaired) electrons. The van der Waals surface area contributed by atoms with Crippen LogP contribution >= 0.6 is 0 Å². The molecule has 1 aliphatic heterocycles. The highest BCUT2D eigenvalue weighted by molar-refractivity contribution is 5.79. The van der Waals surface area contributed by atoms with Gasteiger partial charge < -0.3 is 10.2 Å². The minimum atomic E-state index is -4.37. The minimum absolute atomic E-state index is 0.0352. The van der Waals surface area contributed by atoms with Crippen LogP contribution in [-0.2, 0) is 22.2 Å². The summed E-state index contributed by atoms with van der Waals surface area (Å²) in [5.41, 5.74) is -0.162. The zero-order chi connectivity index (χ0) is 18.4. The van der Waals surface area contributed by atoms with Crippen molar-refractivity contribution in [1.29, 1.82) is 0 Å². The Morgan fingerprint density at radius 2 is 1.68 bits per heavy atom. The highest BCUT2D eigenvalue weighted by Gasteiger charge is 2.30. The molecular formula is C17H22F3N3O2. The van der Waals surface area contributed by atoms with Gasteiger partial charge in [0, 0.05) is 32.7 Å². The van der Waals surface area contributed by atoms with Crippen molar-refractivity contribution < 1.29 is 22.8 Å². The van der Waals surface area contributed by atoms with Crippen LogP contribution in [0.15, 0.2) is 24.3 Å². The van der Waals surface area contributed by atoms with E-state index in [0.29, 0.717) is 44.8 Å². The second kappa shape index (κ2) is 8.33. The third kappa shape index (κ3) is 5.74. The Morgan fingerprint density at radius 3 is 2.20 bits per heavy atom. The van der Waals surface area contributed by atoms with Gasteiger partial charge in [0.05, 0.1) is 18.5 Å². The van der Waals surface area contributed by atoms with Crippen LogP contribution in [0, 0.1) is 0 Å². The smallest absolute Gasteiger partial charge is 0.355 e. The van der Waals surface area contributed by atoms with E-state index in [1.54, 1.807) is 4.90 Å². The second-order valence-electron chi connectivity index (χ2n) is 5.98. The van der Waals surface area contributed by atoms with Gasteiger partial charge in [-0.3, -0.25) is 14.5 Å². The Morgan fingerprint density at radius 1 is 1.08 bits per heavy atom. The molecule has 1 heterocycles. The van der Waals surface area contributed by atoms with Crippen LogP contribution in [0.2, 0.25) is 0 Å². The Labute approximate surface area is 144 Å². The molecule has 1 aromatic rings. The molecule has 0 bridgehead atoms. The first kappa shape index (κ1) is 19.2. The zero-order valence-corrected chi connectivity index (χ0v) is 14.1. The molecule has 5 nitrogen and oxygen atoms in total. The summed E-state index contributed by atoms with van der Waals surface area (Å²) in [5.74, 6) is -0.149. The fourth-order valence-corrected chi connectivity index (χ4v) is 2.71. The van der Waals surface area contributed by atoms with Crippen molar-refractivity contribution in [2.24, 2.45) is 0 Å². The second-order valence-corrected chi connectivity index (χ2v) is 5.98. The molecule has 1 fully saturated rings. The van der Waals surface area contributed by atoms with E-state index in [1.165, 1.54) is 12.1 Å². The first-order valence-corrected chi connectivity index (χ1v) is 8.22. The van der Waals surface area contributed by atoms with Crippen molar-refractivity contribution in [1.82, 2.24) is 15.1 Å². The predicted octanol–water partition coefficient (Wildman–Crippen LogP) is 1.53. The van der Waals surface area contributed by atoms with Crippen molar-refractivity contribution in [3.63, 3.8) is 0 Å². The summed E-state index contributed by atoms with van der Waals surface area (Å²) in [4.78, 5) is 27.5. The lowest BCUT2D eigenvalue weighted by Gasteiger charge is -2.34. The molecule has 1 aliphatic rings. The van der Waals surface area contributed by atoms with Crippen molar-refractivity contribution in [2.75, 3.05) is 39.3 Å². The maximum absolute atomic E-state index is 12.5. The van der Waals surface area contributed by atoms with Crippen LogP contribution in [-0.4, -0.2) is 60.9 Å². The fraction of sp³-hybridized carbons (Fsp3) is 0.529. The lowest BCUT2D eigenvalue weighted by molar-refractivity contribution is -0.137. The average molecular weight is 357 g/mol. The molecular weight excluding hydrogens is 335 g/mol. The number of nitrogens with zero attached hydrogens (tertiary/aromatic N) is 2. The molecule has 0 aliphatic carbocycles. The topological polar surface area (TPSA) is 52.7 Å². The first-order valence-electron chi connectivity index (χ1n) is 8.22. The van der Waals surface area contributed by atoms with Gasteiger partial charge in [0.1, 0.15) is 0 Å². The van der Waals surface area contributed by atoms with Crippen LogP contribution in [0.1, 0.15) is 18.1 Å². The van der Waals surface area contributed by atoms with E-state index in [0.717, 1.165) is 12.1 Å². The lowest BCUT2D eigenvalue weighted by Crippen LogP contribution is -2.51. The SMILES string of the molecule is CCNC(=O)CN1CCN(C(=O)Cc2ccc(C(F)(F)F)cc2)CC1. The fourth-order valence-electron chi connectivity index (χ4n) is 2.71. The van der Waals surface area contributed by atoms with E-state index >= 15 is 0 Å². The quantitative estimate of drug-likeness (QED) is 0.870. The first-order chi connectivity index (χ1) is 11.8. The van der Waals surface area contributed by atoms with E-state index in [2.05, 4.69) is 5.32 Å². The number of likely N-dealkylation sites (N-methyl/N-ethyl adjacent to an activating group) is 1. The van der Waals surface area contributed by atoms with E-state index in [4.69, 9.17) is 0 Å². The molecule has 25 heavy (non-hydrogen) atoms. The van der Waals surface area contributed by atoms with Gasteiger partial charge in [0.2, 0.25) is 11.8 Å². The van der Waals surface area contributed by atoms with Gasteiger partial charge in [-0.1, -0.05) is 12.1 Å². The molecule has 2 rings (SSSR count). The maximum Gasteiger partial charge on any atom is 0.416 e. The number of carbonyl (C=O) groups is 2. The summed E-state index contributed by atoms with van der Waals surface area (Å²) >= 11 is 0. The summed E-state index contributed by atoms with van der Waals surface area (Å²) in [6, 6.07) is 4.66. The highest BCUT2D eigenvalue weighted by Crippen LogP contribution is 2.29. The van der Waals surface area contributed by atoms with Gasteiger partial charge in [-0.05, 0) is 24.6 Å². The third-order valence-corrected chi connectivity index (χ3v) is 4.10. The van der Waals surface area contributed by atoms with Crippen molar-refractivity contribution in [3.05, 3.63) is 35.4 Å². The molecule has 0 aromatic heterocycles. The standard InChI is InChI=1S/C17H22F3N3O2/c1-2-21-15(24)12-22-7-9-23(10-8-22)16(25)11-13-3-5-14(6-4-13)17(18,19)20/h3-6H,2,7-12H2,1H3,(H,21,24). The Balaban J connectivity index is 1.81.